The zero-order valence-electron chi connectivity index (χ0n) is 9.69. The zero-order valence-corrected chi connectivity index (χ0v) is 10.4. The normalized spacial score (nSPS) is 10.0. The van der Waals surface area contributed by atoms with Crippen LogP contribution in [0, 0.1) is 11.3 Å². The number of anilines is 1. The van der Waals surface area contributed by atoms with Crippen molar-refractivity contribution in [1.82, 2.24) is 0 Å². The van der Waals surface area contributed by atoms with E-state index in [0.29, 0.717) is 30.3 Å². The van der Waals surface area contributed by atoms with Crippen LogP contribution in [0.15, 0.2) is 18.2 Å². The van der Waals surface area contributed by atoms with Crippen LogP contribution in [-0.2, 0) is 4.74 Å². The first kappa shape index (κ1) is 13.8. The van der Waals surface area contributed by atoms with E-state index in [1.807, 2.05) is 11.0 Å². The van der Waals surface area contributed by atoms with E-state index in [9.17, 15) is 0 Å². The van der Waals surface area contributed by atoms with Crippen molar-refractivity contribution >= 4 is 17.3 Å². The van der Waals surface area contributed by atoms with Crippen LogP contribution in [0.2, 0.25) is 5.02 Å². The van der Waals surface area contributed by atoms with Gasteiger partial charge in [-0.2, -0.15) is 5.26 Å². The van der Waals surface area contributed by atoms with Crippen LogP contribution in [-0.4, -0.2) is 38.5 Å². The van der Waals surface area contributed by atoms with Gasteiger partial charge in [-0.25, -0.2) is 0 Å². The van der Waals surface area contributed by atoms with Gasteiger partial charge in [0, 0.05) is 20.2 Å². The van der Waals surface area contributed by atoms with Crippen LogP contribution in [0.3, 0.4) is 0 Å². The molecule has 0 aliphatic rings. The molecule has 0 amide bonds. The lowest BCUT2D eigenvalue weighted by molar-refractivity contribution is 0.203. The molecular weight excluding hydrogens is 240 g/mol. The Hall–Kier alpha value is -1.28. The van der Waals surface area contributed by atoms with Gasteiger partial charge in [-0.05, 0) is 12.1 Å². The van der Waals surface area contributed by atoms with Crippen molar-refractivity contribution in [2.75, 3.05) is 38.3 Å². The summed E-state index contributed by atoms with van der Waals surface area (Å²) in [5.41, 5.74) is 1.16. The number of ether oxygens (including phenoxy) is 1. The Bertz CT molecular complexity index is 404. The van der Waals surface area contributed by atoms with E-state index >= 15 is 0 Å². The molecule has 1 rings (SSSR count). The third-order valence-electron chi connectivity index (χ3n) is 2.38. The largest absolute Gasteiger partial charge is 0.395 e. The summed E-state index contributed by atoms with van der Waals surface area (Å²) < 4.78 is 5.00. The summed E-state index contributed by atoms with van der Waals surface area (Å²) in [6.07, 6.45) is 0. The number of hydrogen-bond donors (Lipinski definition) is 1. The van der Waals surface area contributed by atoms with Gasteiger partial charge in [0.1, 0.15) is 6.07 Å². The molecule has 1 N–H and O–H groups in total. The van der Waals surface area contributed by atoms with Crippen LogP contribution < -0.4 is 4.90 Å². The van der Waals surface area contributed by atoms with E-state index in [0.717, 1.165) is 5.69 Å². The van der Waals surface area contributed by atoms with Crippen molar-refractivity contribution in [2.45, 2.75) is 0 Å². The minimum atomic E-state index is 0.0150. The van der Waals surface area contributed by atoms with Crippen LogP contribution in [0.1, 0.15) is 5.56 Å². The summed E-state index contributed by atoms with van der Waals surface area (Å²) in [5, 5.41) is 18.5. The molecule has 0 saturated heterocycles. The van der Waals surface area contributed by atoms with Gasteiger partial charge in [0.15, 0.2) is 0 Å². The molecule has 0 saturated carbocycles. The Morgan fingerprint density at radius 3 is 2.82 bits per heavy atom. The van der Waals surface area contributed by atoms with E-state index in [2.05, 4.69) is 6.07 Å². The molecule has 0 spiro atoms. The summed E-state index contributed by atoms with van der Waals surface area (Å²) in [6.45, 7) is 1.59. The van der Waals surface area contributed by atoms with Gasteiger partial charge in [-0.1, -0.05) is 17.7 Å². The average Bonchev–Trinajstić information content (AvgIpc) is 2.34. The van der Waals surface area contributed by atoms with E-state index < -0.39 is 0 Å². The molecule has 0 radical (unpaired) electrons. The number of nitriles is 1. The first-order valence-corrected chi connectivity index (χ1v) is 5.65. The van der Waals surface area contributed by atoms with Crippen LogP contribution in [0.25, 0.3) is 0 Å². The second-order valence-corrected chi connectivity index (χ2v) is 3.86. The number of benzene rings is 1. The van der Waals surface area contributed by atoms with E-state index in [-0.39, 0.29) is 6.61 Å². The van der Waals surface area contributed by atoms with Gasteiger partial charge in [0.05, 0.1) is 29.5 Å². The van der Waals surface area contributed by atoms with Crippen molar-refractivity contribution in [3.63, 3.8) is 0 Å². The number of methoxy groups -OCH3 is 1. The maximum absolute atomic E-state index is 9.09. The fourth-order valence-electron chi connectivity index (χ4n) is 1.56. The summed E-state index contributed by atoms with van der Waals surface area (Å²) in [4.78, 5) is 1.88. The topological polar surface area (TPSA) is 56.5 Å². The maximum Gasteiger partial charge on any atom is 0.103 e. The van der Waals surface area contributed by atoms with Gasteiger partial charge in [0.2, 0.25) is 0 Å². The molecule has 1 aromatic carbocycles. The first-order chi connectivity index (χ1) is 8.24. The molecule has 0 unspecified atom stereocenters. The highest BCUT2D eigenvalue weighted by molar-refractivity contribution is 6.32. The SMILES string of the molecule is COCCN(CCO)c1cccc(Cl)c1C#N. The van der Waals surface area contributed by atoms with Gasteiger partial charge in [-0.3, -0.25) is 0 Å². The highest BCUT2D eigenvalue weighted by Crippen LogP contribution is 2.26. The van der Waals surface area contributed by atoms with E-state index in [1.165, 1.54) is 0 Å². The van der Waals surface area contributed by atoms with Gasteiger partial charge >= 0.3 is 0 Å². The Kier molecular flexibility index (Phi) is 5.78. The summed E-state index contributed by atoms with van der Waals surface area (Å²) >= 11 is 5.96. The molecule has 0 fully saturated rings. The molecule has 17 heavy (non-hydrogen) atoms. The van der Waals surface area contributed by atoms with Crippen molar-refractivity contribution in [3.05, 3.63) is 28.8 Å². The predicted octanol–water partition coefficient (Wildman–Crippen LogP) is 1.66. The second-order valence-electron chi connectivity index (χ2n) is 3.45. The highest BCUT2D eigenvalue weighted by Gasteiger charge is 2.13. The van der Waals surface area contributed by atoms with Gasteiger partial charge in [-0.15, -0.1) is 0 Å². The Morgan fingerprint density at radius 1 is 1.47 bits per heavy atom. The molecule has 0 aliphatic heterocycles. The van der Waals surface area contributed by atoms with Crippen molar-refractivity contribution in [3.8, 4) is 6.07 Å². The molecule has 4 nitrogen and oxygen atoms in total. The summed E-state index contributed by atoms with van der Waals surface area (Å²) in [7, 11) is 1.61. The average molecular weight is 255 g/mol. The third-order valence-corrected chi connectivity index (χ3v) is 2.69. The second kappa shape index (κ2) is 7.13. The molecule has 1 aromatic rings. The zero-order chi connectivity index (χ0) is 12.7. The Balaban J connectivity index is 3.01. The number of nitrogens with zero attached hydrogens (tertiary/aromatic N) is 2. The molecule has 0 atom stereocenters. The maximum atomic E-state index is 9.09. The fraction of sp³-hybridized carbons (Fsp3) is 0.417. The summed E-state index contributed by atoms with van der Waals surface area (Å²) in [5.74, 6) is 0. The Morgan fingerprint density at radius 2 is 2.24 bits per heavy atom. The smallest absolute Gasteiger partial charge is 0.103 e. The molecule has 0 aliphatic carbocycles. The van der Waals surface area contributed by atoms with Crippen LogP contribution in [0.5, 0.6) is 0 Å². The molecule has 0 aromatic heterocycles. The molecule has 5 heteroatoms. The molecule has 0 heterocycles. The number of halogens is 1. The molecular formula is C12H15ClN2O2. The van der Waals surface area contributed by atoms with Gasteiger partial charge < -0.3 is 14.7 Å². The standard InChI is InChI=1S/C12H15ClN2O2/c1-17-8-6-15(5-7-16)12-4-2-3-11(13)10(12)9-14/h2-4,16H,5-8H2,1H3. The van der Waals surface area contributed by atoms with E-state index in [1.54, 1.807) is 19.2 Å². The minimum absolute atomic E-state index is 0.0150. The number of aliphatic hydroxyl groups excluding tert-OH is 1. The Labute approximate surface area is 106 Å². The highest BCUT2D eigenvalue weighted by atomic mass is 35.5. The van der Waals surface area contributed by atoms with Crippen LogP contribution in [0.4, 0.5) is 5.69 Å². The fourth-order valence-corrected chi connectivity index (χ4v) is 1.77. The molecule has 0 bridgehead atoms. The number of rotatable bonds is 6. The van der Waals surface area contributed by atoms with Crippen molar-refractivity contribution in [1.29, 1.82) is 5.26 Å². The third kappa shape index (κ3) is 3.60. The monoisotopic (exact) mass is 254 g/mol. The first-order valence-electron chi connectivity index (χ1n) is 5.28. The molecule has 92 valence electrons. The van der Waals surface area contributed by atoms with E-state index in [4.69, 9.17) is 26.7 Å². The summed E-state index contributed by atoms with van der Waals surface area (Å²) in [6, 6.07) is 7.36. The lowest BCUT2D eigenvalue weighted by Gasteiger charge is -2.24. The van der Waals surface area contributed by atoms with Crippen LogP contribution >= 0.6 is 11.6 Å². The van der Waals surface area contributed by atoms with Crippen molar-refractivity contribution in [2.24, 2.45) is 0 Å². The van der Waals surface area contributed by atoms with Crippen molar-refractivity contribution < 1.29 is 9.84 Å². The number of aliphatic hydroxyl groups is 1. The number of hydrogen-bond acceptors (Lipinski definition) is 4. The predicted molar refractivity (Wildman–Crippen MR) is 67.3 cm³/mol. The lowest BCUT2D eigenvalue weighted by Crippen LogP contribution is -2.30. The minimum Gasteiger partial charge on any atom is -0.395 e. The quantitative estimate of drug-likeness (QED) is 0.839. The van der Waals surface area contributed by atoms with Gasteiger partial charge in [0.25, 0.3) is 0 Å². The lowest BCUT2D eigenvalue weighted by atomic mass is 10.1.